The molecule has 0 saturated heterocycles. The lowest BCUT2D eigenvalue weighted by Crippen LogP contribution is -2.06. The molecule has 3 nitrogen and oxygen atoms in total. The highest BCUT2D eigenvalue weighted by Gasteiger charge is 2.08. The highest BCUT2D eigenvalue weighted by molar-refractivity contribution is 7.09. The Balaban J connectivity index is 2.03. The number of nitriles is 1. The van der Waals surface area contributed by atoms with Crippen molar-refractivity contribution in [1.29, 1.82) is 5.26 Å². The van der Waals surface area contributed by atoms with E-state index in [1.54, 1.807) is 11.3 Å². The highest BCUT2D eigenvalue weighted by atomic mass is 32.1. The normalized spacial score (nSPS) is 11.8. The lowest BCUT2D eigenvalue weighted by Gasteiger charge is -2.13. The number of benzene rings is 1. The van der Waals surface area contributed by atoms with Gasteiger partial charge in [-0.3, -0.25) is 0 Å². The van der Waals surface area contributed by atoms with Crippen LogP contribution in [0.15, 0.2) is 29.6 Å². The maximum absolute atomic E-state index is 8.61. The van der Waals surface area contributed by atoms with E-state index in [0.717, 1.165) is 22.0 Å². The molecule has 0 aliphatic rings. The number of nitrogens with zero attached hydrogens (tertiary/aromatic N) is 2. The molecule has 0 fully saturated rings. The van der Waals surface area contributed by atoms with Gasteiger partial charge in [-0.1, -0.05) is 12.1 Å². The molecule has 1 heterocycles. The number of thiazole rings is 1. The maximum atomic E-state index is 8.61. The van der Waals surface area contributed by atoms with E-state index in [1.165, 1.54) is 0 Å². The summed E-state index contributed by atoms with van der Waals surface area (Å²) in [7, 11) is 0. The summed E-state index contributed by atoms with van der Waals surface area (Å²) >= 11 is 1.67. The number of hydrogen-bond donors (Lipinski definition) is 1. The van der Waals surface area contributed by atoms with Gasteiger partial charge >= 0.3 is 0 Å². The van der Waals surface area contributed by atoms with Crippen molar-refractivity contribution in [2.24, 2.45) is 0 Å². The third-order valence-electron chi connectivity index (χ3n) is 2.70. The molecule has 0 aliphatic heterocycles. The number of aromatic nitrogens is 1. The van der Waals surface area contributed by atoms with Gasteiger partial charge in [0.15, 0.2) is 0 Å². The van der Waals surface area contributed by atoms with Crippen molar-refractivity contribution in [3.05, 3.63) is 45.9 Å². The first-order valence-electron chi connectivity index (χ1n) is 5.83. The Morgan fingerprint density at radius 2 is 2.11 bits per heavy atom. The Bertz CT molecular complexity index is 551. The Kier molecular flexibility index (Phi) is 3.96. The van der Waals surface area contributed by atoms with Crippen molar-refractivity contribution in [2.45, 2.75) is 26.3 Å². The fourth-order valence-corrected chi connectivity index (χ4v) is 2.42. The molecule has 18 heavy (non-hydrogen) atoms. The summed E-state index contributed by atoms with van der Waals surface area (Å²) in [5.74, 6) is 0. The maximum Gasteiger partial charge on any atom is 0.0898 e. The van der Waals surface area contributed by atoms with Crippen LogP contribution >= 0.6 is 11.3 Å². The second kappa shape index (κ2) is 5.65. The molecule has 1 atom stereocenters. The van der Waals surface area contributed by atoms with Crippen molar-refractivity contribution >= 4 is 17.0 Å². The Morgan fingerprint density at radius 1 is 1.39 bits per heavy atom. The molecule has 1 aromatic carbocycles. The van der Waals surface area contributed by atoms with Crippen LogP contribution in [0, 0.1) is 18.3 Å². The van der Waals surface area contributed by atoms with Crippen LogP contribution in [-0.2, 0) is 6.42 Å². The van der Waals surface area contributed by atoms with Gasteiger partial charge in [0, 0.05) is 11.1 Å². The van der Waals surface area contributed by atoms with Gasteiger partial charge in [0.05, 0.1) is 29.2 Å². The summed E-state index contributed by atoms with van der Waals surface area (Å²) in [4.78, 5) is 4.47. The predicted octanol–water partition coefficient (Wildman–Crippen LogP) is 3.69. The molecule has 0 bridgehead atoms. The van der Waals surface area contributed by atoms with E-state index >= 15 is 0 Å². The number of aryl methyl sites for hydroxylation is 1. The largest absolute Gasteiger partial charge is 0.377 e. The Labute approximate surface area is 111 Å². The van der Waals surface area contributed by atoms with E-state index in [9.17, 15) is 0 Å². The SMILES string of the molecule is Cc1nc(C(C)Nc2ccc(CC#N)cc2)cs1. The number of anilines is 1. The lowest BCUT2D eigenvalue weighted by molar-refractivity contribution is 0.845. The molecule has 1 unspecified atom stereocenters. The monoisotopic (exact) mass is 257 g/mol. The molecular formula is C14H15N3S. The third kappa shape index (κ3) is 3.08. The summed E-state index contributed by atoms with van der Waals surface area (Å²) < 4.78 is 0. The highest BCUT2D eigenvalue weighted by Crippen LogP contribution is 2.21. The van der Waals surface area contributed by atoms with Gasteiger partial charge < -0.3 is 5.32 Å². The van der Waals surface area contributed by atoms with Crippen LogP contribution < -0.4 is 5.32 Å². The van der Waals surface area contributed by atoms with Gasteiger partial charge in [-0.2, -0.15) is 5.26 Å². The summed E-state index contributed by atoms with van der Waals surface area (Å²) in [6.45, 7) is 4.11. The first-order chi connectivity index (χ1) is 8.69. The summed E-state index contributed by atoms with van der Waals surface area (Å²) in [6, 6.07) is 10.3. The second-order valence-electron chi connectivity index (χ2n) is 4.19. The summed E-state index contributed by atoms with van der Waals surface area (Å²) in [6.07, 6.45) is 0.459. The van der Waals surface area contributed by atoms with Crippen LogP contribution in [0.3, 0.4) is 0 Å². The van der Waals surface area contributed by atoms with Gasteiger partial charge in [-0.15, -0.1) is 11.3 Å². The van der Waals surface area contributed by atoms with Crippen molar-refractivity contribution < 1.29 is 0 Å². The van der Waals surface area contributed by atoms with Gasteiger partial charge in [0.2, 0.25) is 0 Å². The van der Waals surface area contributed by atoms with Crippen molar-refractivity contribution in [1.82, 2.24) is 4.98 Å². The number of hydrogen-bond acceptors (Lipinski definition) is 4. The van der Waals surface area contributed by atoms with Gasteiger partial charge in [-0.25, -0.2) is 4.98 Å². The number of rotatable bonds is 4. The van der Waals surface area contributed by atoms with Crippen LogP contribution in [0.4, 0.5) is 5.69 Å². The van der Waals surface area contributed by atoms with E-state index in [2.05, 4.69) is 28.7 Å². The predicted molar refractivity (Wildman–Crippen MR) is 74.6 cm³/mol. The first kappa shape index (κ1) is 12.6. The molecule has 0 saturated carbocycles. The summed E-state index contributed by atoms with van der Waals surface area (Å²) in [5.41, 5.74) is 3.16. The van der Waals surface area contributed by atoms with Crippen LogP contribution in [0.25, 0.3) is 0 Å². The minimum atomic E-state index is 0.191. The standard InChI is InChI=1S/C14H15N3S/c1-10(14-9-18-11(2)17-14)16-13-5-3-12(4-6-13)7-8-15/h3-6,9-10,16H,7H2,1-2H3. The van der Waals surface area contributed by atoms with E-state index in [1.807, 2.05) is 31.2 Å². The van der Waals surface area contributed by atoms with E-state index in [-0.39, 0.29) is 6.04 Å². The average molecular weight is 257 g/mol. The molecule has 2 aromatic rings. The topological polar surface area (TPSA) is 48.7 Å². The van der Waals surface area contributed by atoms with E-state index in [4.69, 9.17) is 5.26 Å². The van der Waals surface area contributed by atoms with Gasteiger partial charge in [0.25, 0.3) is 0 Å². The first-order valence-corrected chi connectivity index (χ1v) is 6.71. The zero-order valence-electron chi connectivity index (χ0n) is 10.5. The van der Waals surface area contributed by atoms with Gasteiger partial charge in [0.1, 0.15) is 0 Å². The average Bonchev–Trinajstić information content (AvgIpc) is 2.79. The van der Waals surface area contributed by atoms with Crippen LogP contribution in [0.5, 0.6) is 0 Å². The van der Waals surface area contributed by atoms with E-state index in [0.29, 0.717) is 6.42 Å². The van der Waals surface area contributed by atoms with Crippen molar-refractivity contribution in [2.75, 3.05) is 5.32 Å². The zero-order valence-corrected chi connectivity index (χ0v) is 11.3. The second-order valence-corrected chi connectivity index (χ2v) is 5.25. The summed E-state index contributed by atoms with van der Waals surface area (Å²) in [5, 5.41) is 15.2. The van der Waals surface area contributed by atoms with Crippen LogP contribution in [-0.4, -0.2) is 4.98 Å². The van der Waals surface area contributed by atoms with Crippen LogP contribution in [0.2, 0.25) is 0 Å². The molecule has 4 heteroatoms. The molecule has 0 spiro atoms. The fourth-order valence-electron chi connectivity index (χ4n) is 1.71. The quantitative estimate of drug-likeness (QED) is 0.908. The fraction of sp³-hybridized carbons (Fsp3) is 0.286. The van der Waals surface area contributed by atoms with Crippen LogP contribution in [0.1, 0.15) is 29.2 Å². The smallest absolute Gasteiger partial charge is 0.0898 e. The molecule has 1 N–H and O–H groups in total. The molecule has 0 aliphatic carbocycles. The van der Waals surface area contributed by atoms with Crippen molar-refractivity contribution in [3.63, 3.8) is 0 Å². The molecule has 0 amide bonds. The van der Waals surface area contributed by atoms with Gasteiger partial charge in [-0.05, 0) is 31.5 Å². The Hall–Kier alpha value is -1.86. The zero-order chi connectivity index (χ0) is 13.0. The Morgan fingerprint density at radius 3 is 2.67 bits per heavy atom. The molecule has 0 radical (unpaired) electrons. The molecule has 92 valence electrons. The minimum absolute atomic E-state index is 0.191. The lowest BCUT2D eigenvalue weighted by atomic mass is 10.1. The number of nitrogens with one attached hydrogen (secondary N) is 1. The van der Waals surface area contributed by atoms with Crippen molar-refractivity contribution in [3.8, 4) is 6.07 Å². The molecule has 2 rings (SSSR count). The van der Waals surface area contributed by atoms with E-state index < -0.39 is 0 Å². The molecule has 1 aromatic heterocycles. The molecular weight excluding hydrogens is 242 g/mol. The minimum Gasteiger partial charge on any atom is -0.377 e. The third-order valence-corrected chi connectivity index (χ3v) is 3.49.